The van der Waals surface area contributed by atoms with Crippen LogP contribution in [0, 0.1) is 6.92 Å². The quantitative estimate of drug-likeness (QED) is 0.675. The molecule has 1 aromatic carbocycles. The van der Waals surface area contributed by atoms with Crippen molar-refractivity contribution in [3.8, 4) is 0 Å². The third kappa shape index (κ3) is 3.47. The number of hydrogen-bond donors (Lipinski definition) is 3. The molecule has 1 aliphatic heterocycles. The van der Waals surface area contributed by atoms with Crippen LogP contribution in [0.25, 0.3) is 0 Å². The zero-order valence-corrected chi connectivity index (χ0v) is 13.3. The highest BCUT2D eigenvalue weighted by Crippen LogP contribution is 2.27. The summed E-state index contributed by atoms with van der Waals surface area (Å²) in [5.74, 6) is 0.206. The first-order valence-corrected chi connectivity index (χ1v) is 9.76. The summed E-state index contributed by atoms with van der Waals surface area (Å²) in [6.45, 7) is 1.83. The minimum absolute atomic E-state index is 0.0562. The number of nitrogens with one attached hydrogen (secondary N) is 1. The number of nitrogen functional groups attached to an aromatic ring is 1. The van der Waals surface area contributed by atoms with Crippen molar-refractivity contribution >= 4 is 31.2 Å². The molecule has 5 N–H and O–H groups in total. The third-order valence-electron chi connectivity index (χ3n) is 3.67. The molecule has 0 amide bonds. The summed E-state index contributed by atoms with van der Waals surface area (Å²) < 4.78 is 46.6. The maximum Gasteiger partial charge on any atom is 0.238 e. The lowest BCUT2D eigenvalue weighted by atomic mass is 10.1. The Kier molecular flexibility index (Phi) is 4.18. The molecule has 1 unspecified atom stereocenters. The molecule has 0 saturated carbocycles. The van der Waals surface area contributed by atoms with E-state index in [1.807, 2.05) is 0 Å². The Morgan fingerprint density at radius 1 is 1.38 bits per heavy atom. The standard InChI is InChI=1S/C12H19N3O4S2/c1-8-11(5-9(13)6-12(8)21(14,18)19)15-7-10-3-2-4-20(10,16)17/h5-6,10,15H,2-4,7,13H2,1H3,(H2,14,18,19). The fourth-order valence-corrected chi connectivity index (χ4v) is 5.10. The molecule has 1 aliphatic rings. The molecular formula is C12H19N3O4S2. The molecule has 118 valence electrons. The lowest BCUT2D eigenvalue weighted by Gasteiger charge is -2.16. The first-order chi connectivity index (χ1) is 9.61. The van der Waals surface area contributed by atoms with E-state index in [0.717, 1.165) is 0 Å². The van der Waals surface area contributed by atoms with Gasteiger partial charge in [0.05, 0.1) is 15.9 Å². The Bertz CT molecular complexity index is 757. The van der Waals surface area contributed by atoms with Crippen LogP contribution >= 0.6 is 0 Å². The number of sulfonamides is 1. The molecule has 21 heavy (non-hydrogen) atoms. The van der Waals surface area contributed by atoms with E-state index in [1.54, 1.807) is 13.0 Å². The monoisotopic (exact) mass is 333 g/mol. The van der Waals surface area contributed by atoms with E-state index < -0.39 is 25.1 Å². The number of hydrogen-bond acceptors (Lipinski definition) is 6. The van der Waals surface area contributed by atoms with E-state index in [0.29, 0.717) is 24.1 Å². The van der Waals surface area contributed by atoms with Gasteiger partial charge in [-0.2, -0.15) is 0 Å². The van der Waals surface area contributed by atoms with Crippen LogP contribution in [0.4, 0.5) is 11.4 Å². The van der Waals surface area contributed by atoms with Crippen molar-refractivity contribution in [3.63, 3.8) is 0 Å². The van der Waals surface area contributed by atoms with E-state index in [9.17, 15) is 16.8 Å². The minimum Gasteiger partial charge on any atom is -0.399 e. The van der Waals surface area contributed by atoms with Crippen LogP contribution in [-0.2, 0) is 19.9 Å². The lowest BCUT2D eigenvalue weighted by Crippen LogP contribution is -2.25. The number of rotatable bonds is 4. The Morgan fingerprint density at radius 2 is 2.05 bits per heavy atom. The second-order valence-corrected chi connectivity index (χ2v) is 9.18. The van der Waals surface area contributed by atoms with Gasteiger partial charge in [-0.1, -0.05) is 0 Å². The van der Waals surface area contributed by atoms with Gasteiger partial charge in [-0.3, -0.25) is 0 Å². The number of benzene rings is 1. The smallest absolute Gasteiger partial charge is 0.238 e. The molecular weight excluding hydrogens is 314 g/mol. The number of nitrogens with two attached hydrogens (primary N) is 2. The van der Waals surface area contributed by atoms with Crippen LogP contribution < -0.4 is 16.2 Å². The fourth-order valence-electron chi connectivity index (χ4n) is 2.50. The van der Waals surface area contributed by atoms with Gasteiger partial charge in [0.25, 0.3) is 0 Å². The molecule has 7 nitrogen and oxygen atoms in total. The third-order valence-corrected chi connectivity index (χ3v) is 6.98. The highest BCUT2D eigenvalue weighted by atomic mass is 32.2. The Morgan fingerprint density at radius 3 is 2.57 bits per heavy atom. The normalized spacial score (nSPS) is 21.3. The topological polar surface area (TPSA) is 132 Å². The van der Waals surface area contributed by atoms with Gasteiger partial charge in [0, 0.05) is 17.9 Å². The van der Waals surface area contributed by atoms with Crippen molar-refractivity contribution in [1.82, 2.24) is 0 Å². The Hall–Kier alpha value is -1.32. The maximum absolute atomic E-state index is 11.8. The lowest BCUT2D eigenvalue weighted by molar-refractivity contribution is 0.590. The van der Waals surface area contributed by atoms with Gasteiger partial charge in [0.15, 0.2) is 9.84 Å². The first kappa shape index (κ1) is 16.1. The Labute approximate surface area is 124 Å². The van der Waals surface area contributed by atoms with Gasteiger partial charge < -0.3 is 11.1 Å². The number of anilines is 2. The summed E-state index contributed by atoms with van der Waals surface area (Å²) in [4.78, 5) is -0.0562. The van der Waals surface area contributed by atoms with Gasteiger partial charge in [-0.25, -0.2) is 22.0 Å². The van der Waals surface area contributed by atoms with Crippen LogP contribution in [0.2, 0.25) is 0 Å². The van der Waals surface area contributed by atoms with E-state index in [-0.39, 0.29) is 22.9 Å². The molecule has 0 spiro atoms. The fraction of sp³-hybridized carbons (Fsp3) is 0.500. The molecule has 1 aromatic rings. The predicted octanol–water partition coefficient (Wildman–Crippen LogP) is 0.214. The van der Waals surface area contributed by atoms with Crippen molar-refractivity contribution in [1.29, 1.82) is 0 Å². The second kappa shape index (κ2) is 5.47. The van der Waals surface area contributed by atoms with Gasteiger partial charge in [-0.05, 0) is 37.5 Å². The van der Waals surface area contributed by atoms with Crippen molar-refractivity contribution in [2.24, 2.45) is 5.14 Å². The van der Waals surface area contributed by atoms with Gasteiger partial charge >= 0.3 is 0 Å². The largest absolute Gasteiger partial charge is 0.399 e. The summed E-state index contributed by atoms with van der Waals surface area (Å²) in [7, 11) is -6.93. The van der Waals surface area contributed by atoms with E-state index in [2.05, 4.69) is 5.32 Å². The molecule has 0 aromatic heterocycles. The molecule has 0 aliphatic carbocycles. The number of sulfone groups is 1. The zero-order chi connectivity index (χ0) is 15.8. The summed E-state index contributed by atoms with van der Waals surface area (Å²) in [5.41, 5.74) is 6.85. The molecule has 1 saturated heterocycles. The van der Waals surface area contributed by atoms with Crippen LogP contribution in [0.3, 0.4) is 0 Å². The molecule has 1 heterocycles. The average Bonchev–Trinajstić information content (AvgIpc) is 2.67. The molecule has 0 bridgehead atoms. The van der Waals surface area contributed by atoms with Crippen molar-refractivity contribution in [2.45, 2.75) is 29.9 Å². The first-order valence-electron chi connectivity index (χ1n) is 6.49. The SMILES string of the molecule is Cc1c(NCC2CCCS2(=O)=O)cc(N)cc1S(N)(=O)=O. The van der Waals surface area contributed by atoms with E-state index in [1.165, 1.54) is 6.07 Å². The summed E-state index contributed by atoms with van der Waals surface area (Å²) in [6, 6.07) is 2.87. The van der Waals surface area contributed by atoms with Crippen LogP contribution in [0.5, 0.6) is 0 Å². The second-order valence-electron chi connectivity index (χ2n) is 5.25. The summed E-state index contributed by atoms with van der Waals surface area (Å²) in [6.07, 6.45) is 1.27. The van der Waals surface area contributed by atoms with Crippen LogP contribution in [-0.4, -0.2) is 34.4 Å². The van der Waals surface area contributed by atoms with Gasteiger partial charge in [0.2, 0.25) is 10.0 Å². The average molecular weight is 333 g/mol. The predicted molar refractivity (Wildman–Crippen MR) is 82.3 cm³/mol. The highest BCUT2D eigenvalue weighted by molar-refractivity contribution is 7.92. The van der Waals surface area contributed by atoms with Crippen molar-refractivity contribution in [3.05, 3.63) is 17.7 Å². The minimum atomic E-state index is -3.88. The van der Waals surface area contributed by atoms with Gasteiger partial charge in [-0.15, -0.1) is 0 Å². The number of primary sulfonamides is 1. The molecule has 0 radical (unpaired) electrons. The van der Waals surface area contributed by atoms with Crippen LogP contribution in [0.15, 0.2) is 17.0 Å². The zero-order valence-electron chi connectivity index (χ0n) is 11.7. The molecule has 1 atom stereocenters. The molecule has 2 rings (SSSR count). The van der Waals surface area contributed by atoms with Gasteiger partial charge in [0.1, 0.15) is 0 Å². The van der Waals surface area contributed by atoms with E-state index in [4.69, 9.17) is 10.9 Å². The molecule has 9 heteroatoms. The van der Waals surface area contributed by atoms with Crippen molar-refractivity contribution < 1.29 is 16.8 Å². The molecule has 1 fully saturated rings. The van der Waals surface area contributed by atoms with E-state index >= 15 is 0 Å². The van der Waals surface area contributed by atoms with Crippen LogP contribution in [0.1, 0.15) is 18.4 Å². The summed E-state index contributed by atoms with van der Waals surface area (Å²) in [5, 5.41) is 7.69. The van der Waals surface area contributed by atoms with Crippen molar-refractivity contribution in [2.75, 3.05) is 23.3 Å². The maximum atomic E-state index is 11.8. The summed E-state index contributed by atoms with van der Waals surface area (Å²) >= 11 is 0. The Balaban J connectivity index is 2.27. The highest BCUT2D eigenvalue weighted by Gasteiger charge is 2.31.